The summed E-state index contributed by atoms with van der Waals surface area (Å²) in [6, 6.07) is 0. The van der Waals surface area contributed by atoms with Crippen molar-refractivity contribution < 1.29 is 19.4 Å². The molecule has 31 heavy (non-hydrogen) atoms. The van der Waals surface area contributed by atoms with Crippen LogP contribution in [0, 0.1) is 45.3 Å². The average Bonchev–Trinajstić information content (AvgIpc) is 3.04. The largest absolute Gasteiger partial charge is 0.462 e. The van der Waals surface area contributed by atoms with E-state index in [9.17, 15) is 9.90 Å². The van der Waals surface area contributed by atoms with Gasteiger partial charge in [0.1, 0.15) is 6.10 Å². The van der Waals surface area contributed by atoms with E-state index in [4.69, 9.17) is 9.47 Å². The zero-order chi connectivity index (χ0) is 22.4. The van der Waals surface area contributed by atoms with Gasteiger partial charge in [-0.3, -0.25) is 4.79 Å². The number of aliphatic hydroxyl groups is 1. The summed E-state index contributed by atoms with van der Waals surface area (Å²) in [5, 5.41) is 10.9. The van der Waals surface area contributed by atoms with Crippen molar-refractivity contribution in [1.82, 2.24) is 0 Å². The Balaban J connectivity index is 1.62. The SMILES string of the molecule is CC(=O)O[C@@H]1C[C@@H]2[C@@]3(C)CCCC(C)(C)[C@H]3CC[C@@]2(C)[C@@H]2CC=C3CO[C@@H](O)[C@@H]3[C@@]12C. The van der Waals surface area contributed by atoms with Crippen LogP contribution in [0.5, 0.6) is 0 Å². The highest BCUT2D eigenvalue weighted by atomic mass is 16.6. The van der Waals surface area contributed by atoms with Crippen LogP contribution in [0.15, 0.2) is 11.6 Å². The van der Waals surface area contributed by atoms with E-state index in [2.05, 4.69) is 40.7 Å². The van der Waals surface area contributed by atoms with Crippen molar-refractivity contribution in [3.63, 3.8) is 0 Å². The molecule has 5 aliphatic rings. The first kappa shape index (κ1) is 21.9. The Hall–Kier alpha value is -0.870. The van der Waals surface area contributed by atoms with Crippen LogP contribution in [0.2, 0.25) is 0 Å². The fraction of sp³-hybridized carbons (Fsp3) is 0.889. The van der Waals surface area contributed by atoms with Crippen molar-refractivity contribution >= 4 is 5.97 Å². The Labute approximate surface area is 188 Å². The standard InChI is InChI=1S/C27H42O4/c1-16(28)31-21-14-20-25(4)12-7-11-24(2,3)18(25)10-13-26(20,5)19-9-8-17-15-30-23(29)22(17)27(19,21)6/h8,18-23,29H,7,9-15H2,1-6H3/t18-,19+,20-,21-,22-,23-,25+,26+,27-/m1/s1. The number of rotatable bonds is 1. The molecule has 1 saturated heterocycles. The summed E-state index contributed by atoms with van der Waals surface area (Å²) in [6.45, 7) is 14.4. The van der Waals surface area contributed by atoms with Crippen LogP contribution in [-0.2, 0) is 14.3 Å². The third-order valence-corrected chi connectivity index (χ3v) is 11.2. The van der Waals surface area contributed by atoms with Gasteiger partial charge in [0.2, 0.25) is 0 Å². The molecular weight excluding hydrogens is 388 g/mol. The van der Waals surface area contributed by atoms with E-state index in [1.165, 1.54) is 37.7 Å². The van der Waals surface area contributed by atoms with E-state index in [1.54, 1.807) is 6.92 Å². The molecule has 0 aromatic carbocycles. The Kier molecular flexibility index (Phi) is 4.83. The molecule has 0 amide bonds. The second kappa shape index (κ2) is 6.82. The highest BCUT2D eigenvalue weighted by Crippen LogP contribution is 2.73. The van der Waals surface area contributed by atoms with Gasteiger partial charge < -0.3 is 14.6 Å². The lowest BCUT2D eigenvalue weighted by molar-refractivity contribution is -0.253. The summed E-state index contributed by atoms with van der Waals surface area (Å²) in [5.41, 5.74) is 1.77. The molecule has 1 aliphatic heterocycles. The minimum Gasteiger partial charge on any atom is -0.462 e. The molecule has 0 aromatic heterocycles. The minimum atomic E-state index is -0.794. The van der Waals surface area contributed by atoms with E-state index in [-0.39, 0.29) is 34.2 Å². The van der Waals surface area contributed by atoms with Gasteiger partial charge in [0.05, 0.1) is 6.61 Å². The van der Waals surface area contributed by atoms with Gasteiger partial charge in [-0.1, -0.05) is 47.1 Å². The summed E-state index contributed by atoms with van der Waals surface area (Å²) in [6.07, 6.45) is 9.75. The number of hydrogen-bond acceptors (Lipinski definition) is 4. The van der Waals surface area contributed by atoms with Gasteiger partial charge in [0, 0.05) is 18.3 Å². The molecule has 4 fully saturated rings. The van der Waals surface area contributed by atoms with Crippen molar-refractivity contribution in [3.8, 4) is 0 Å². The maximum absolute atomic E-state index is 12.3. The first-order chi connectivity index (χ1) is 14.4. The van der Waals surface area contributed by atoms with Crippen molar-refractivity contribution in [2.75, 3.05) is 6.61 Å². The summed E-state index contributed by atoms with van der Waals surface area (Å²) in [7, 11) is 0. The van der Waals surface area contributed by atoms with Crippen molar-refractivity contribution in [3.05, 3.63) is 11.6 Å². The number of esters is 1. The third-order valence-electron chi connectivity index (χ3n) is 11.2. The van der Waals surface area contributed by atoms with Crippen LogP contribution in [0.4, 0.5) is 0 Å². The lowest BCUT2D eigenvalue weighted by atomic mass is 9.34. The van der Waals surface area contributed by atoms with Gasteiger partial charge in [-0.05, 0) is 78.1 Å². The molecule has 4 nitrogen and oxygen atoms in total. The normalized spacial score (nSPS) is 52.8. The molecular formula is C27H42O4. The van der Waals surface area contributed by atoms with Gasteiger partial charge in [0.15, 0.2) is 6.29 Å². The number of ether oxygens (including phenoxy) is 2. The molecule has 1 N–H and O–H groups in total. The van der Waals surface area contributed by atoms with E-state index in [0.717, 1.165) is 18.8 Å². The van der Waals surface area contributed by atoms with E-state index >= 15 is 0 Å². The van der Waals surface area contributed by atoms with E-state index in [0.29, 0.717) is 23.9 Å². The molecule has 0 bridgehead atoms. The number of carbonyl (C=O) groups excluding carboxylic acids is 1. The topological polar surface area (TPSA) is 55.8 Å². The highest BCUT2D eigenvalue weighted by Gasteiger charge is 2.70. The quantitative estimate of drug-likeness (QED) is 0.442. The summed E-state index contributed by atoms with van der Waals surface area (Å²) in [4.78, 5) is 12.3. The van der Waals surface area contributed by atoms with Crippen molar-refractivity contribution in [2.45, 2.75) is 98.9 Å². The maximum atomic E-state index is 12.3. The molecule has 4 aliphatic carbocycles. The fourth-order valence-electron chi connectivity index (χ4n) is 10.1. The number of carbonyl (C=O) groups is 1. The van der Waals surface area contributed by atoms with Crippen molar-refractivity contribution in [2.24, 2.45) is 45.3 Å². The first-order valence-electron chi connectivity index (χ1n) is 12.6. The van der Waals surface area contributed by atoms with Crippen LogP contribution in [0.1, 0.15) is 86.5 Å². The third kappa shape index (κ3) is 2.82. The van der Waals surface area contributed by atoms with Crippen LogP contribution < -0.4 is 0 Å². The van der Waals surface area contributed by atoms with Crippen LogP contribution in [0.3, 0.4) is 0 Å². The molecule has 9 atom stereocenters. The van der Waals surface area contributed by atoms with Gasteiger partial charge in [-0.15, -0.1) is 0 Å². The fourth-order valence-corrected chi connectivity index (χ4v) is 10.1. The number of hydrogen-bond donors (Lipinski definition) is 1. The first-order valence-corrected chi connectivity index (χ1v) is 12.6. The number of allylic oxidation sites excluding steroid dienone is 1. The molecule has 3 saturated carbocycles. The Morgan fingerprint density at radius 2 is 1.77 bits per heavy atom. The lowest BCUT2D eigenvalue weighted by Crippen LogP contribution is -2.67. The Bertz CT molecular complexity index is 801. The molecule has 4 heteroatoms. The number of fused-ring (bicyclic) bond motifs is 7. The highest BCUT2D eigenvalue weighted by molar-refractivity contribution is 5.66. The second-order valence-corrected chi connectivity index (χ2v) is 12.9. The average molecular weight is 431 g/mol. The van der Waals surface area contributed by atoms with Gasteiger partial charge >= 0.3 is 5.97 Å². The predicted molar refractivity (Wildman–Crippen MR) is 120 cm³/mol. The van der Waals surface area contributed by atoms with Crippen LogP contribution in [-0.4, -0.2) is 30.1 Å². The second-order valence-electron chi connectivity index (χ2n) is 12.9. The van der Waals surface area contributed by atoms with Gasteiger partial charge in [-0.25, -0.2) is 0 Å². The van der Waals surface area contributed by atoms with Crippen LogP contribution in [0.25, 0.3) is 0 Å². The summed E-state index contributed by atoms with van der Waals surface area (Å²) in [5.74, 6) is 1.39. The summed E-state index contributed by atoms with van der Waals surface area (Å²) < 4.78 is 11.9. The molecule has 5 rings (SSSR count). The monoisotopic (exact) mass is 430 g/mol. The zero-order valence-electron chi connectivity index (χ0n) is 20.4. The summed E-state index contributed by atoms with van der Waals surface area (Å²) >= 11 is 0. The maximum Gasteiger partial charge on any atom is 0.302 e. The Morgan fingerprint density at radius 1 is 1.06 bits per heavy atom. The van der Waals surface area contributed by atoms with Gasteiger partial charge in [0.25, 0.3) is 0 Å². The molecule has 0 spiro atoms. The van der Waals surface area contributed by atoms with E-state index in [1.807, 2.05) is 0 Å². The lowest BCUT2D eigenvalue weighted by Gasteiger charge is -2.70. The smallest absolute Gasteiger partial charge is 0.302 e. The van der Waals surface area contributed by atoms with E-state index < -0.39 is 6.29 Å². The molecule has 0 unspecified atom stereocenters. The minimum absolute atomic E-state index is 0.0679. The molecule has 0 radical (unpaired) electrons. The Morgan fingerprint density at radius 3 is 2.48 bits per heavy atom. The van der Waals surface area contributed by atoms with Crippen molar-refractivity contribution in [1.29, 1.82) is 0 Å². The predicted octanol–water partition coefficient (Wildman–Crippen LogP) is 5.49. The molecule has 1 heterocycles. The van der Waals surface area contributed by atoms with Crippen LogP contribution >= 0.6 is 0 Å². The number of aliphatic hydroxyl groups excluding tert-OH is 1. The molecule has 0 aromatic rings. The molecule has 174 valence electrons. The zero-order valence-corrected chi connectivity index (χ0v) is 20.4. The van der Waals surface area contributed by atoms with Gasteiger partial charge in [-0.2, -0.15) is 0 Å².